The number of benzene rings is 2. The molecule has 15 heteroatoms. The van der Waals surface area contributed by atoms with Gasteiger partial charge in [0.1, 0.15) is 0 Å². The van der Waals surface area contributed by atoms with Gasteiger partial charge in [-0.15, -0.1) is 0 Å². The molecule has 1 fully saturated rings. The molecule has 0 saturated carbocycles. The lowest BCUT2D eigenvalue weighted by Gasteiger charge is -2.29. The predicted molar refractivity (Wildman–Crippen MR) is 127 cm³/mol. The lowest BCUT2D eigenvalue weighted by Crippen LogP contribution is -2.45. The van der Waals surface area contributed by atoms with Gasteiger partial charge < -0.3 is 4.84 Å². The Morgan fingerprint density at radius 3 is 2.37 bits per heavy atom. The van der Waals surface area contributed by atoms with E-state index >= 15 is 0 Å². The second-order valence-electron chi connectivity index (χ2n) is 7.30. The molecule has 2 amide bonds. The number of carbonyl (C=O) groups excluding carboxylic acids is 2. The maximum absolute atomic E-state index is 14.2. The number of hydrogen-bond acceptors (Lipinski definition) is 6. The summed E-state index contributed by atoms with van der Waals surface area (Å²) in [5.41, 5.74) is -1.23. The summed E-state index contributed by atoms with van der Waals surface area (Å²) in [6.07, 6.45) is -5.78. The maximum Gasteiger partial charge on any atom is 0.435 e. The first-order valence-electron chi connectivity index (χ1n) is 9.41. The fourth-order valence-electron chi connectivity index (χ4n) is 3.35. The Balaban J connectivity index is 1.61. The van der Waals surface area contributed by atoms with Gasteiger partial charge in [0.05, 0.1) is 32.1 Å². The number of hydrogen-bond donors (Lipinski definition) is 1. The largest absolute Gasteiger partial charge is 0.435 e. The number of carbonyl (C=O) groups is 2. The Morgan fingerprint density at radius 1 is 1.17 bits per heavy atom. The van der Waals surface area contributed by atoms with Crippen LogP contribution in [0.15, 0.2) is 35.5 Å². The van der Waals surface area contributed by atoms with Gasteiger partial charge in [-0.1, -0.05) is 70.0 Å². The van der Waals surface area contributed by atoms with Crippen LogP contribution in [0.5, 0.6) is 0 Å². The summed E-state index contributed by atoms with van der Waals surface area (Å²) in [7, 11) is 0. The third kappa shape index (κ3) is 4.69. The first kappa shape index (κ1) is 26.0. The van der Waals surface area contributed by atoms with Crippen molar-refractivity contribution in [3.63, 3.8) is 0 Å². The molecule has 0 spiro atoms. The van der Waals surface area contributed by atoms with E-state index < -0.39 is 51.4 Å². The van der Waals surface area contributed by atoms with Crippen molar-refractivity contribution < 1.29 is 32.0 Å². The van der Waals surface area contributed by atoms with Crippen molar-refractivity contribution >= 4 is 80.6 Å². The molecule has 0 aliphatic carbocycles. The van der Waals surface area contributed by atoms with Crippen LogP contribution in [0.3, 0.4) is 0 Å². The van der Waals surface area contributed by atoms with E-state index in [4.69, 9.17) is 51.9 Å². The highest BCUT2D eigenvalue weighted by molar-refractivity contribution is 8.23. The molecule has 2 aromatic carbocycles. The lowest BCUT2D eigenvalue weighted by molar-refractivity contribution is -0.275. The van der Waals surface area contributed by atoms with Crippen LogP contribution >= 0.6 is 58.8 Å². The van der Waals surface area contributed by atoms with Crippen LogP contribution < -0.4 is 5.43 Å². The van der Waals surface area contributed by atoms with Gasteiger partial charge in [0.15, 0.2) is 10.1 Å². The highest BCUT2D eigenvalue weighted by Crippen LogP contribution is 2.50. The van der Waals surface area contributed by atoms with Gasteiger partial charge in [-0.05, 0) is 24.3 Å². The molecule has 1 N–H and O–H groups in total. The van der Waals surface area contributed by atoms with Gasteiger partial charge in [0, 0.05) is 17.5 Å². The Bertz CT molecular complexity index is 1270. The molecule has 2 aromatic rings. The van der Waals surface area contributed by atoms with Crippen molar-refractivity contribution in [1.29, 1.82) is 0 Å². The van der Waals surface area contributed by atoms with E-state index in [0.29, 0.717) is 0 Å². The van der Waals surface area contributed by atoms with Gasteiger partial charge in [-0.3, -0.25) is 15.0 Å². The summed E-state index contributed by atoms with van der Waals surface area (Å²) in [5.74, 6) is -2.14. The minimum absolute atomic E-state index is 0.0541. The van der Waals surface area contributed by atoms with Crippen LogP contribution in [-0.4, -0.2) is 38.8 Å². The molecule has 1 atom stereocenters. The van der Waals surface area contributed by atoms with Crippen LogP contribution in [-0.2, 0) is 15.2 Å². The molecule has 0 aromatic heterocycles. The first-order chi connectivity index (χ1) is 16.3. The number of hydrazine groups is 1. The Hall–Kier alpha value is -2.12. The van der Waals surface area contributed by atoms with Gasteiger partial charge in [0.25, 0.3) is 17.4 Å². The zero-order valence-corrected chi connectivity index (χ0v) is 20.8. The fraction of sp³-hybridized carbons (Fsp3) is 0.200. The molecular weight excluding hydrogens is 577 g/mol. The molecule has 1 unspecified atom stereocenters. The SMILES string of the molecule is O=C(NN1C(=O)CSC1=S)c1ccc(C2=NOC(c3cc(Cl)c(F)c(Cl)c3)(C(F)(F)F)C2)cc1Cl. The molecule has 2 aliphatic heterocycles. The molecule has 0 bridgehead atoms. The Morgan fingerprint density at radius 2 is 1.83 bits per heavy atom. The highest BCUT2D eigenvalue weighted by Gasteiger charge is 2.62. The topological polar surface area (TPSA) is 71.0 Å². The van der Waals surface area contributed by atoms with Gasteiger partial charge >= 0.3 is 6.18 Å². The van der Waals surface area contributed by atoms with Crippen LogP contribution in [0.25, 0.3) is 0 Å². The molecule has 35 heavy (non-hydrogen) atoms. The predicted octanol–water partition coefficient (Wildman–Crippen LogP) is 5.87. The summed E-state index contributed by atoms with van der Waals surface area (Å²) in [6, 6.07) is 5.36. The summed E-state index contributed by atoms with van der Waals surface area (Å²) >= 11 is 23.7. The number of alkyl halides is 3. The van der Waals surface area contributed by atoms with Crippen molar-refractivity contribution in [3.05, 3.63) is 67.9 Å². The molecule has 184 valence electrons. The van der Waals surface area contributed by atoms with Crippen molar-refractivity contribution in [2.24, 2.45) is 5.16 Å². The normalized spacial score (nSPS) is 20.2. The number of thiocarbonyl (C=S) groups is 1. The van der Waals surface area contributed by atoms with Gasteiger partial charge in [-0.25, -0.2) is 9.40 Å². The summed E-state index contributed by atoms with van der Waals surface area (Å²) in [4.78, 5) is 29.2. The second kappa shape index (κ2) is 9.40. The van der Waals surface area contributed by atoms with Crippen molar-refractivity contribution in [2.45, 2.75) is 18.2 Å². The van der Waals surface area contributed by atoms with Crippen LogP contribution in [0.1, 0.15) is 27.9 Å². The quantitative estimate of drug-likeness (QED) is 0.276. The average Bonchev–Trinajstić information content (AvgIpc) is 3.37. The van der Waals surface area contributed by atoms with Crippen molar-refractivity contribution in [3.8, 4) is 0 Å². The minimum atomic E-state index is -4.98. The second-order valence-corrected chi connectivity index (χ2v) is 10.1. The molecule has 6 nitrogen and oxygen atoms in total. The summed E-state index contributed by atoms with van der Waals surface area (Å²) in [6.45, 7) is 0. The average molecular weight is 587 g/mol. The van der Waals surface area contributed by atoms with Crippen molar-refractivity contribution in [1.82, 2.24) is 10.4 Å². The summed E-state index contributed by atoms with van der Waals surface area (Å²) < 4.78 is 56.4. The van der Waals surface area contributed by atoms with Crippen LogP contribution in [0, 0.1) is 5.82 Å². The molecular formula is C20H10Cl3F4N3O3S2. The molecule has 0 radical (unpaired) electrons. The molecule has 2 aliphatic rings. The monoisotopic (exact) mass is 585 g/mol. The molecule has 1 saturated heterocycles. The van der Waals surface area contributed by atoms with E-state index in [9.17, 15) is 27.2 Å². The van der Waals surface area contributed by atoms with Crippen molar-refractivity contribution in [2.75, 3.05) is 5.75 Å². The van der Waals surface area contributed by atoms with E-state index in [2.05, 4.69) is 10.6 Å². The zero-order chi connectivity index (χ0) is 25.7. The zero-order valence-electron chi connectivity index (χ0n) is 16.9. The highest BCUT2D eigenvalue weighted by atomic mass is 35.5. The van der Waals surface area contributed by atoms with Crippen LogP contribution in [0.2, 0.25) is 15.1 Å². The number of thioether (sulfide) groups is 1. The number of rotatable bonds is 4. The van der Waals surface area contributed by atoms with E-state index in [0.717, 1.165) is 28.9 Å². The maximum atomic E-state index is 14.2. The lowest BCUT2D eigenvalue weighted by atomic mass is 9.86. The number of halogens is 7. The molecule has 4 rings (SSSR count). The number of nitrogens with one attached hydrogen (secondary N) is 1. The standard InChI is InChI=1S/C20H10Cl3F4N3O3S2/c21-11-3-8(1-2-10(11)17(32)28-30-15(31)7-35-18(30)34)14-6-19(33-29-14,20(25,26)27)9-4-12(22)16(24)13(23)5-9/h1-5H,6-7H2,(H,28,32). The molecule has 2 heterocycles. The Labute approximate surface area is 219 Å². The minimum Gasteiger partial charge on any atom is -0.374 e. The smallest absolute Gasteiger partial charge is 0.374 e. The van der Waals surface area contributed by atoms with E-state index in [-0.39, 0.29) is 31.9 Å². The summed E-state index contributed by atoms with van der Waals surface area (Å²) in [5, 5.41) is 3.16. The van der Waals surface area contributed by atoms with Crippen LogP contribution in [0.4, 0.5) is 17.6 Å². The number of nitrogens with zero attached hydrogens (tertiary/aromatic N) is 2. The third-order valence-electron chi connectivity index (χ3n) is 5.15. The van der Waals surface area contributed by atoms with Gasteiger partial charge in [-0.2, -0.15) is 13.2 Å². The van der Waals surface area contributed by atoms with Gasteiger partial charge in [0.2, 0.25) is 0 Å². The first-order valence-corrected chi connectivity index (χ1v) is 11.9. The fourth-order valence-corrected chi connectivity index (χ4v) is 5.08. The van der Waals surface area contributed by atoms with E-state index in [1.165, 1.54) is 18.2 Å². The van der Waals surface area contributed by atoms with E-state index in [1.54, 1.807) is 0 Å². The Kier molecular flexibility index (Phi) is 6.97. The number of oxime groups is 1. The number of amides is 2. The third-order valence-corrected chi connectivity index (χ3v) is 7.37. The van der Waals surface area contributed by atoms with E-state index in [1.807, 2.05) is 0 Å².